The molecule has 0 radical (unpaired) electrons. The van der Waals surface area contributed by atoms with E-state index in [0.29, 0.717) is 11.7 Å². The van der Waals surface area contributed by atoms with E-state index >= 15 is 0 Å². The summed E-state index contributed by atoms with van der Waals surface area (Å²) in [6, 6.07) is 0. The van der Waals surface area contributed by atoms with Crippen LogP contribution in [0.3, 0.4) is 0 Å². The lowest BCUT2D eigenvalue weighted by molar-refractivity contribution is 0.195. The number of methoxy groups -OCH3 is 1. The van der Waals surface area contributed by atoms with Gasteiger partial charge in [0.2, 0.25) is 0 Å². The summed E-state index contributed by atoms with van der Waals surface area (Å²) in [4.78, 5) is 4.15. The third-order valence-electron chi connectivity index (χ3n) is 1.69. The molecule has 0 saturated heterocycles. The molecule has 0 aliphatic heterocycles. The van der Waals surface area contributed by atoms with Crippen LogP contribution in [-0.4, -0.2) is 30.4 Å². The Morgan fingerprint density at radius 1 is 1.60 bits per heavy atom. The molecule has 0 atom stereocenters. The highest BCUT2D eigenvalue weighted by Crippen LogP contribution is 2.02. The molecule has 0 unspecified atom stereocenters. The summed E-state index contributed by atoms with van der Waals surface area (Å²) in [7, 11) is 1.69. The smallest absolute Gasteiger partial charge is 0.166 e. The van der Waals surface area contributed by atoms with E-state index in [0.717, 1.165) is 24.6 Å². The Hall–Kier alpha value is -0.720. The molecule has 0 aliphatic rings. The van der Waals surface area contributed by atoms with E-state index in [1.807, 2.05) is 5.38 Å². The molecule has 1 heterocycles. The molecule has 1 aromatic rings. The summed E-state index contributed by atoms with van der Waals surface area (Å²) in [5.41, 5.74) is 0. The molecule has 0 fully saturated rings. The first-order chi connectivity index (χ1) is 7.33. The topological polar surface area (TPSA) is 46.2 Å². The molecule has 15 heavy (non-hydrogen) atoms. The van der Waals surface area contributed by atoms with Crippen LogP contribution in [0.2, 0.25) is 0 Å². The van der Waals surface area contributed by atoms with Crippen molar-refractivity contribution in [3.8, 4) is 0 Å². The van der Waals surface area contributed by atoms with Gasteiger partial charge in [-0.2, -0.15) is 0 Å². The molecular formula is C9H15N3OS2. The van der Waals surface area contributed by atoms with Crippen molar-refractivity contribution in [3.63, 3.8) is 0 Å². The van der Waals surface area contributed by atoms with Gasteiger partial charge < -0.3 is 15.4 Å². The molecule has 2 N–H and O–H groups in total. The zero-order valence-electron chi connectivity index (χ0n) is 8.66. The van der Waals surface area contributed by atoms with Crippen molar-refractivity contribution >= 4 is 28.7 Å². The van der Waals surface area contributed by atoms with Gasteiger partial charge in [-0.15, -0.1) is 11.3 Å². The summed E-state index contributed by atoms with van der Waals surface area (Å²) < 4.78 is 4.93. The Morgan fingerprint density at radius 3 is 3.13 bits per heavy atom. The van der Waals surface area contributed by atoms with Gasteiger partial charge in [0.05, 0.1) is 6.54 Å². The quantitative estimate of drug-likeness (QED) is 0.581. The molecule has 84 valence electrons. The molecule has 0 aliphatic carbocycles. The third-order valence-corrected chi connectivity index (χ3v) is 2.76. The van der Waals surface area contributed by atoms with Crippen molar-refractivity contribution in [1.29, 1.82) is 0 Å². The van der Waals surface area contributed by atoms with E-state index in [1.54, 1.807) is 24.6 Å². The Balaban J connectivity index is 2.04. The van der Waals surface area contributed by atoms with Crippen LogP contribution in [0.15, 0.2) is 11.6 Å². The number of aromatic nitrogens is 1. The number of rotatable bonds is 6. The first-order valence-electron chi connectivity index (χ1n) is 4.72. The highest BCUT2D eigenvalue weighted by molar-refractivity contribution is 7.80. The van der Waals surface area contributed by atoms with E-state index in [2.05, 4.69) is 15.6 Å². The Labute approximate surface area is 99.1 Å². The van der Waals surface area contributed by atoms with Gasteiger partial charge in [0.25, 0.3) is 0 Å². The molecule has 0 aromatic carbocycles. The fraction of sp³-hybridized carbons (Fsp3) is 0.556. The summed E-state index contributed by atoms with van der Waals surface area (Å²) in [5.74, 6) is 0. The number of thiazole rings is 1. The molecule has 4 nitrogen and oxygen atoms in total. The van der Waals surface area contributed by atoms with Gasteiger partial charge in [0, 0.05) is 31.8 Å². The lowest BCUT2D eigenvalue weighted by Crippen LogP contribution is -2.35. The third kappa shape index (κ3) is 5.66. The minimum atomic E-state index is 0.668. The van der Waals surface area contributed by atoms with Crippen LogP contribution in [0.25, 0.3) is 0 Å². The van der Waals surface area contributed by atoms with Gasteiger partial charge in [-0.3, -0.25) is 0 Å². The second-order valence-corrected chi connectivity index (χ2v) is 4.27. The van der Waals surface area contributed by atoms with Gasteiger partial charge in [-0.1, -0.05) is 0 Å². The van der Waals surface area contributed by atoms with E-state index in [-0.39, 0.29) is 0 Å². The van der Waals surface area contributed by atoms with Crippen molar-refractivity contribution in [2.24, 2.45) is 0 Å². The van der Waals surface area contributed by atoms with Crippen LogP contribution in [0, 0.1) is 0 Å². The summed E-state index contributed by atoms with van der Waals surface area (Å²) in [6.45, 7) is 2.27. The molecule has 0 saturated carbocycles. The first-order valence-corrected chi connectivity index (χ1v) is 6.00. The fourth-order valence-electron chi connectivity index (χ4n) is 0.977. The van der Waals surface area contributed by atoms with Crippen molar-refractivity contribution in [3.05, 3.63) is 16.6 Å². The lowest BCUT2D eigenvalue weighted by Gasteiger charge is -2.08. The zero-order valence-corrected chi connectivity index (χ0v) is 10.3. The van der Waals surface area contributed by atoms with Crippen molar-refractivity contribution in [2.45, 2.75) is 13.0 Å². The normalized spacial score (nSPS) is 9.93. The molecule has 1 rings (SSSR count). The van der Waals surface area contributed by atoms with Crippen molar-refractivity contribution in [1.82, 2.24) is 15.6 Å². The molecule has 0 bridgehead atoms. The molecular weight excluding hydrogens is 230 g/mol. The van der Waals surface area contributed by atoms with Crippen LogP contribution in [0.1, 0.15) is 11.4 Å². The Bertz CT molecular complexity index is 277. The number of thiocarbonyl (C=S) groups is 1. The van der Waals surface area contributed by atoms with E-state index in [4.69, 9.17) is 17.0 Å². The van der Waals surface area contributed by atoms with Crippen LogP contribution >= 0.6 is 23.6 Å². The molecule has 0 spiro atoms. The minimum absolute atomic E-state index is 0.668. The van der Waals surface area contributed by atoms with Gasteiger partial charge in [-0.05, 0) is 18.6 Å². The van der Waals surface area contributed by atoms with Crippen molar-refractivity contribution < 1.29 is 4.74 Å². The van der Waals surface area contributed by atoms with Gasteiger partial charge >= 0.3 is 0 Å². The second kappa shape index (κ2) is 7.56. The molecule has 6 heteroatoms. The predicted octanol–water partition coefficient (Wildman–Crippen LogP) is 1.14. The van der Waals surface area contributed by atoms with E-state index in [1.165, 1.54) is 0 Å². The van der Waals surface area contributed by atoms with E-state index in [9.17, 15) is 0 Å². The Morgan fingerprint density at radius 2 is 2.47 bits per heavy atom. The zero-order chi connectivity index (χ0) is 10.9. The van der Waals surface area contributed by atoms with Gasteiger partial charge in [-0.25, -0.2) is 4.98 Å². The monoisotopic (exact) mass is 245 g/mol. The second-order valence-electron chi connectivity index (χ2n) is 2.88. The first kappa shape index (κ1) is 12.4. The highest BCUT2D eigenvalue weighted by Gasteiger charge is 1.97. The van der Waals surface area contributed by atoms with Crippen LogP contribution in [0.4, 0.5) is 0 Å². The molecule has 0 amide bonds. The maximum absolute atomic E-state index is 5.09. The van der Waals surface area contributed by atoms with Crippen LogP contribution < -0.4 is 10.6 Å². The largest absolute Gasteiger partial charge is 0.385 e. The summed E-state index contributed by atoms with van der Waals surface area (Å²) in [6.07, 6.45) is 2.74. The number of ether oxygens (including phenoxy) is 1. The van der Waals surface area contributed by atoms with Crippen LogP contribution in [-0.2, 0) is 11.3 Å². The number of hydrogen-bond donors (Lipinski definition) is 2. The SMILES string of the molecule is COCCCNC(=S)NCc1nccs1. The predicted molar refractivity (Wildman–Crippen MR) is 66.0 cm³/mol. The van der Waals surface area contributed by atoms with E-state index < -0.39 is 0 Å². The summed E-state index contributed by atoms with van der Waals surface area (Å²) >= 11 is 6.71. The lowest BCUT2D eigenvalue weighted by atomic mass is 10.4. The number of hydrogen-bond acceptors (Lipinski definition) is 4. The van der Waals surface area contributed by atoms with Crippen LogP contribution in [0.5, 0.6) is 0 Å². The van der Waals surface area contributed by atoms with Crippen molar-refractivity contribution in [2.75, 3.05) is 20.3 Å². The highest BCUT2D eigenvalue weighted by atomic mass is 32.1. The van der Waals surface area contributed by atoms with Gasteiger partial charge in [0.15, 0.2) is 5.11 Å². The fourth-order valence-corrected chi connectivity index (χ4v) is 1.71. The number of nitrogens with zero attached hydrogens (tertiary/aromatic N) is 1. The minimum Gasteiger partial charge on any atom is -0.385 e. The standard InChI is InChI=1S/C9H15N3OS2/c1-13-5-2-3-11-9(14)12-7-8-10-4-6-15-8/h4,6H,2-3,5,7H2,1H3,(H2,11,12,14). The average Bonchev–Trinajstić information content (AvgIpc) is 2.74. The maximum atomic E-state index is 5.09. The Kier molecular flexibility index (Phi) is 6.22. The van der Waals surface area contributed by atoms with Gasteiger partial charge in [0.1, 0.15) is 5.01 Å². The summed E-state index contributed by atoms with van der Waals surface area (Å²) in [5, 5.41) is 9.84. The maximum Gasteiger partial charge on any atom is 0.166 e. The number of nitrogens with one attached hydrogen (secondary N) is 2. The molecule has 1 aromatic heterocycles. The average molecular weight is 245 g/mol.